The molecule has 0 amide bonds. The van der Waals surface area contributed by atoms with Crippen molar-refractivity contribution >= 4 is 29.2 Å². The van der Waals surface area contributed by atoms with Crippen LogP contribution in [0, 0.1) is 5.82 Å². The standard InChI is InChI=1S/C21H17Cl2FN2O2/c1-2-28-20(27)17-18(15-8-5-13(22)11-16(15)23)25-26-19(17)21(9-10-21)12-3-6-14(24)7-4-12/h3-8,11H,2,9-10H2,1H3,(H,25,26). The number of aromatic amines is 1. The number of ether oxygens (including phenoxy) is 1. The summed E-state index contributed by atoms with van der Waals surface area (Å²) in [5, 5.41) is 8.32. The fraction of sp³-hybridized carbons (Fsp3) is 0.238. The molecule has 1 heterocycles. The van der Waals surface area contributed by atoms with Crippen LogP contribution in [-0.2, 0) is 10.2 Å². The van der Waals surface area contributed by atoms with Crippen LogP contribution in [0.2, 0.25) is 10.0 Å². The van der Waals surface area contributed by atoms with Crippen LogP contribution in [0.4, 0.5) is 4.39 Å². The number of nitrogens with zero attached hydrogens (tertiary/aromatic N) is 1. The van der Waals surface area contributed by atoms with Gasteiger partial charge in [-0.25, -0.2) is 9.18 Å². The number of nitrogens with one attached hydrogen (secondary N) is 1. The Morgan fingerprint density at radius 2 is 1.93 bits per heavy atom. The average molecular weight is 419 g/mol. The van der Waals surface area contributed by atoms with Gasteiger partial charge in [-0.2, -0.15) is 5.10 Å². The molecule has 28 heavy (non-hydrogen) atoms. The molecule has 0 bridgehead atoms. The third kappa shape index (κ3) is 3.19. The minimum absolute atomic E-state index is 0.237. The molecule has 2 aromatic carbocycles. The lowest BCUT2D eigenvalue weighted by Crippen LogP contribution is -2.16. The first-order valence-corrected chi connectivity index (χ1v) is 9.69. The Morgan fingerprint density at radius 1 is 1.21 bits per heavy atom. The van der Waals surface area contributed by atoms with Gasteiger partial charge in [0.1, 0.15) is 17.1 Å². The Balaban J connectivity index is 1.88. The van der Waals surface area contributed by atoms with E-state index in [1.54, 1.807) is 37.3 Å². The summed E-state index contributed by atoms with van der Waals surface area (Å²) in [4.78, 5) is 12.8. The van der Waals surface area contributed by atoms with Crippen LogP contribution in [0.15, 0.2) is 42.5 Å². The van der Waals surface area contributed by atoms with Crippen molar-refractivity contribution in [1.82, 2.24) is 10.2 Å². The molecule has 4 rings (SSSR count). The minimum Gasteiger partial charge on any atom is -0.462 e. The summed E-state index contributed by atoms with van der Waals surface area (Å²) in [7, 11) is 0. The van der Waals surface area contributed by atoms with Gasteiger partial charge >= 0.3 is 5.97 Å². The first kappa shape index (κ1) is 19.0. The molecule has 1 aliphatic carbocycles. The first-order chi connectivity index (χ1) is 13.5. The van der Waals surface area contributed by atoms with Crippen molar-refractivity contribution in [3.8, 4) is 11.3 Å². The van der Waals surface area contributed by atoms with E-state index in [0.717, 1.165) is 18.4 Å². The van der Waals surface area contributed by atoms with Gasteiger partial charge in [0.15, 0.2) is 0 Å². The monoisotopic (exact) mass is 418 g/mol. The first-order valence-electron chi connectivity index (χ1n) is 8.93. The summed E-state index contributed by atoms with van der Waals surface area (Å²) >= 11 is 12.4. The Kier molecular flexibility index (Phi) is 4.89. The zero-order chi connectivity index (χ0) is 19.9. The topological polar surface area (TPSA) is 55.0 Å². The minimum atomic E-state index is -0.472. The molecular formula is C21H17Cl2FN2O2. The summed E-state index contributed by atoms with van der Waals surface area (Å²) in [6.45, 7) is 1.99. The molecule has 1 N–H and O–H groups in total. The van der Waals surface area contributed by atoms with E-state index >= 15 is 0 Å². The van der Waals surface area contributed by atoms with Crippen LogP contribution >= 0.6 is 23.2 Å². The Morgan fingerprint density at radius 3 is 2.54 bits per heavy atom. The van der Waals surface area contributed by atoms with Crippen molar-refractivity contribution in [2.24, 2.45) is 0 Å². The van der Waals surface area contributed by atoms with Gasteiger partial charge in [0.2, 0.25) is 0 Å². The number of carbonyl (C=O) groups is 1. The van der Waals surface area contributed by atoms with Crippen molar-refractivity contribution in [1.29, 1.82) is 0 Å². The molecule has 4 nitrogen and oxygen atoms in total. The molecule has 0 aliphatic heterocycles. The molecule has 0 radical (unpaired) electrons. The average Bonchev–Trinajstić information content (AvgIpc) is 3.35. The highest BCUT2D eigenvalue weighted by molar-refractivity contribution is 6.36. The maximum atomic E-state index is 13.4. The lowest BCUT2D eigenvalue weighted by Gasteiger charge is -2.16. The molecule has 0 unspecified atom stereocenters. The third-order valence-corrected chi connectivity index (χ3v) is 5.61. The van der Waals surface area contributed by atoms with E-state index in [1.807, 2.05) is 0 Å². The second kappa shape index (κ2) is 7.22. The molecule has 1 saturated carbocycles. The Bertz CT molecular complexity index is 1040. The highest BCUT2D eigenvalue weighted by atomic mass is 35.5. The number of esters is 1. The SMILES string of the molecule is CCOC(=O)c1c(-c2ccc(Cl)cc2Cl)n[nH]c1C1(c2ccc(F)cc2)CC1. The molecule has 1 aliphatic rings. The molecular weight excluding hydrogens is 402 g/mol. The highest BCUT2D eigenvalue weighted by Gasteiger charge is 2.50. The lowest BCUT2D eigenvalue weighted by atomic mass is 9.88. The van der Waals surface area contributed by atoms with Crippen LogP contribution in [0.1, 0.15) is 41.4 Å². The Labute approximate surface area is 171 Å². The smallest absolute Gasteiger partial charge is 0.342 e. The summed E-state index contributed by atoms with van der Waals surface area (Å²) in [5.74, 6) is -0.774. The molecule has 0 saturated heterocycles. The van der Waals surface area contributed by atoms with Crippen molar-refractivity contribution < 1.29 is 13.9 Å². The Hall–Kier alpha value is -2.37. The van der Waals surface area contributed by atoms with Crippen LogP contribution in [0.3, 0.4) is 0 Å². The van der Waals surface area contributed by atoms with E-state index in [2.05, 4.69) is 10.2 Å². The number of rotatable bonds is 5. The summed E-state index contributed by atoms with van der Waals surface area (Å²) in [5.41, 5.74) is 2.54. The lowest BCUT2D eigenvalue weighted by molar-refractivity contribution is 0.0525. The largest absolute Gasteiger partial charge is 0.462 e. The van der Waals surface area contributed by atoms with Gasteiger partial charge in [-0.3, -0.25) is 5.10 Å². The number of H-pyrrole nitrogens is 1. The summed E-state index contributed by atoms with van der Waals surface area (Å²) < 4.78 is 18.7. The number of hydrogen-bond acceptors (Lipinski definition) is 3. The second-order valence-electron chi connectivity index (χ2n) is 6.76. The predicted octanol–water partition coefficient (Wildman–Crippen LogP) is 5.78. The van der Waals surface area contributed by atoms with Gasteiger partial charge in [-0.05, 0) is 55.7 Å². The molecule has 144 valence electrons. The quantitative estimate of drug-likeness (QED) is 0.534. The maximum absolute atomic E-state index is 13.4. The number of carbonyl (C=O) groups excluding carboxylic acids is 1. The van der Waals surface area contributed by atoms with E-state index in [0.29, 0.717) is 32.6 Å². The second-order valence-corrected chi connectivity index (χ2v) is 7.60. The molecule has 3 aromatic rings. The van der Waals surface area contributed by atoms with Crippen LogP contribution in [0.5, 0.6) is 0 Å². The van der Waals surface area contributed by atoms with Gasteiger partial charge in [-0.1, -0.05) is 35.3 Å². The summed E-state index contributed by atoms with van der Waals surface area (Å²) in [6, 6.07) is 11.4. The number of benzene rings is 2. The number of halogens is 3. The predicted molar refractivity (Wildman–Crippen MR) is 106 cm³/mol. The zero-order valence-electron chi connectivity index (χ0n) is 15.1. The molecule has 7 heteroatoms. The highest BCUT2D eigenvalue weighted by Crippen LogP contribution is 2.54. The normalized spacial score (nSPS) is 14.7. The van der Waals surface area contributed by atoms with Gasteiger partial charge in [-0.15, -0.1) is 0 Å². The van der Waals surface area contributed by atoms with Crippen molar-refractivity contribution in [2.75, 3.05) is 6.61 Å². The van der Waals surface area contributed by atoms with Crippen molar-refractivity contribution in [3.05, 3.63) is 75.1 Å². The van der Waals surface area contributed by atoms with Crippen LogP contribution < -0.4 is 0 Å². The van der Waals surface area contributed by atoms with E-state index in [4.69, 9.17) is 27.9 Å². The fourth-order valence-corrected chi connectivity index (χ4v) is 4.04. The molecule has 1 aromatic heterocycles. The van der Waals surface area contributed by atoms with E-state index in [9.17, 15) is 9.18 Å². The number of hydrogen-bond donors (Lipinski definition) is 1. The molecule has 0 spiro atoms. The van der Waals surface area contributed by atoms with Gasteiger partial charge in [0.05, 0.1) is 17.3 Å². The maximum Gasteiger partial charge on any atom is 0.342 e. The van der Waals surface area contributed by atoms with Crippen LogP contribution in [-0.4, -0.2) is 22.8 Å². The van der Waals surface area contributed by atoms with E-state index < -0.39 is 11.4 Å². The summed E-state index contributed by atoms with van der Waals surface area (Å²) in [6.07, 6.45) is 1.64. The van der Waals surface area contributed by atoms with Gasteiger partial charge in [0.25, 0.3) is 0 Å². The fourth-order valence-electron chi connectivity index (χ4n) is 3.54. The van der Waals surface area contributed by atoms with E-state index in [-0.39, 0.29) is 12.4 Å². The number of aromatic nitrogens is 2. The zero-order valence-corrected chi connectivity index (χ0v) is 16.6. The molecule has 0 atom stereocenters. The van der Waals surface area contributed by atoms with Gasteiger partial charge in [0, 0.05) is 16.0 Å². The van der Waals surface area contributed by atoms with Gasteiger partial charge < -0.3 is 4.74 Å². The third-order valence-electron chi connectivity index (χ3n) is 5.06. The molecule has 1 fully saturated rings. The van der Waals surface area contributed by atoms with Crippen molar-refractivity contribution in [3.63, 3.8) is 0 Å². The van der Waals surface area contributed by atoms with E-state index in [1.165, 1.54) is 12.1 Å². The van der Waals surface area contributed by atoms with Crippen LogP contribution in [0.25, 0.3) is 11.3 Å². The van der Waals surface area contributed by atoms with Crippen molar-refractivity contribution in [2.45, 2.75) is 25.2 Å².